The molecule has 3 unspecified atom stereocenters. The summed E-state index contributed by atoms with van der Waals surface area (Å²) in [6, 6.07) is -0.740. The van der Waals surface area contributed by atoms with Crippen molar-refractivity contribution in [1.82, 2.24) is 5.32 Å². The lowest BCUT2D eigenvalue weighted by molar-refractivity contribution is -0.124. The fourth-order valence-corrected chi connectivity index (χ4v) is 8.87. The molecule has 0 bridgehead atoms. The van der Waals surface area contributed by atoms with Crippen LogP contribution in [0.5, 0.6) is 0 Å². The second-order valence-corrected chi connectivity index (χ2v) is 19.2. The molecule has 3 atom stereocenters. The number of hydrogen-bond acceptors (Lipinski definition) is 4. The van der Waals surface area contributed by atoms with Gasteiger partial charge in [0.1, 0.15) is 0 Å². The van der Waals surface area contributed by atoms with Gasteiger partial charge in [-0.15, -0.1) is 0 Å². The lowest BCUT2D eigenvalue weighted by atomic mass is 10.0. The van der Waals surface area contributed by atoms with Gasteiger partial charge in [0.05, 0.1) is 31.3 Å². The van der Waals surface area contributed by atoms with E-state index in [0.717, 1.165) is 25.7 Å². The van der Waals surface area contributed by atoms with Gasteiger partial charge in [0.25, 0.3) is 0 Å². The first-order valence-electron chi connectivity index (χ1n) is 27.5. The summed E-state index contributed by atoms with van der Waals surface area (Å²) in [5, 5.41) is 33.4. The molecule has 5 nitrogen and oxygen atoms in total. The Balaban J connectivity index is 3.48. The largest absolute Gasteiger partial charge is 0.394 e. The van der Waals surface area contributed by atoms with Crippen molar-refractivity contribution in [3.05, 3.63) is 12.2 Å². The van der Waals surface area contributed by atoms with Gasteiger partial charge in [-0.1, -0.05) is 296 Å². The van der Waals surface area contributed by atoms with E-state index < -0.39 is 18.2 Å². The minimum absolute atomic E-state index is 0.0193. The molecule has 0 rings (SSSR count). The van der Waals surface area contributed by atoms with E-state index in [2.05, 4.69) is 19.2 Å². The van der Waals surface area contributed by atoms with E-state index >= 15 is 0 Å². The summed E-state index contributed by atoms with van der Waals surface area (Å²) in [4.78, 5) is 12.5. The minimum Gasteiger partial charge on any atom is -0.394 e. The predicted molar refractivity (Wildman–Crippen MR) is 264 cm³/mol. The normalized spacial score (nSPS) is 13.3. The van der Waals surface area contributed by atoms with E-state index in [-0.39, 0.29) is 18.9 Å². The predicted octanol–water partition coefficient (Wildman–Crippen LogP) is 16.7. The zero-order chi connectivity index (χ0) is 43.7. The van der Waals surface area contributed by atoms with Crippen LogP contribution in [0.25, 0.3) is 0 Å². The molecule has 4 N–H and O–H groups in total. The van der Waals surface area contributed by atoms with Gasteiger partial charge in [-0.25, -0.2) is 0 Å². The molecule has 0 saturated heterocycles. The van der Waals surface area contributed by atoms with E-state index in [9.17, 15) is 20.1 Å². The minimum atomic E-state index is -0.925. The molecule has 0 radical (unpaired) electrons. The first-order chi connectivity index (χ1) is 29.5. The molecule has 1 amide bonds. The van der Waals surface area contributed by atoms with Crippen molar-refractivity contribution < 1.29 is 20.1 Å². The van der Waals surface area contributed by atoms with Crippen molar-refractivity contribution in [3.63, 3.8) is 0 Å². The molecule has 0 heterocycles. The summed E-state index contributed by atoms with van der Waals surface area (Å²) in [6.45, 7) is 4.24. The fraction of sp³-hybridized carbons (Fsp3) is 0.945. The maximum absolute atomic E-state index is 12.5. The lowest BCUT2D eigenvalue weighted by Crippen LogP contribution is -2.45. The Kier molecular flexibility index (Phi) is 50.0. The average molecular weight is 848 g/mol. The number of aliphatic hydroxyl groups excluding tert-OH is 3. The summed E-state index contributed by atoms with van der Waals surface area (Å²) in [7, 11) is 0. The van der Waals surface area contributed by atoms with Crippen molar-refractivity contribution >= 4 is 5.91 Å². The molecule has 0 spiro atoms. The highest BCUT2D eigenvalue weighted by atomic mass is 16.3. The molecule has 0 aromatic carbocycles. The Labute approximate surface area is 376 Å². The van der Waals surface area contributed by atoms with Crippen molar-refractivity contribution in [2.24, 2.45) is 0 Å². The molecular weight excluding hydrogens is 739 g/mol. The molecule has 60 heavy (non-hydrogen) atoms. The Morgan fingerprint density at radius 2 is 0.683 bits per heavy atom. The van der Waals surface area contributed by atoms with Crippen molar-refractivity contribution in [3.8, 4) is 0 Å². The van der Waals surface area contributed by atoms with Crippen molar-refractivity contribution in [2.75, 3.05) is 6.61 Å². The van der Waals surface area contributed by atoms with Gasteiger partial charge in [0, 0.05) is 0 Å². The second-order valence-electron chi connectivity index (χ2n) is 19.2. The summed E-state index contributed by atoms with van der Waals surface area (Å²) >= 11 is 0. The number of hydrogen-bond donors (Lipinski definition) is 4. The Hall–Kier alpha value is -0.910. The van der Waals surface area contributed by atoms with Crippen LogP contribution in [0.1, 0.15) is 309 Å². The van der Waals surface area contributed by atoms with E-state index in [1.54, 1.807) is 6.08 Å². The van der Waals surface area contributed by atoms with Crippen LogP contribution in [-0.4, -0.2) is 46.1 Å². The molecule has 358 valence electrons. The molecule has 0 aliphatic carbocycles. The van der Waals surface area contributed by atoms with E-state index in [1.807, 2.05) is 6.08 Å². The maximum Gasteiger partial charge on any atom is 0.222 e. The summed E-state index contributed by atoms with van der Waals surface area (Å²) in [6.07, 6.45) is 62.6. The first-order valence-corrected chi connectivity index (χ1v) is 27.5. The monoisotopic (exact) mass is 848 g/mol. The van der Waals surface area contributed by atoms with Crippen LogP contribution in [-0.2, 0) is 4.79 Å². The third-order valence-corrected chi connectivity index (χ3v) is 13.1. The van der Waals surface area contributed by atoms with E-state index in [1.165, 1.54) is 257 Å². The fourth-order valence-electron chi connectivity index (χ4n) is 8.87. The van der Waals surface area contributed by atoms with Crippen LogP contribution in [0.15, 0.2) is 12.2 Å². The number of nitrogens with one attached hydrogen (secondary N) is 1. The van der Waals surface area contributed by atoms with E-state index in [0.29, 0.717) is 6.42 Å². The van der Waals surface area contributed by atoms with Gasteiger partial charge in [-0.05, 0) is 19.3 Å². The Morgan fingerprint density at radius 1 is 0.417 bits per heavy atom. The van der Waals surface area contributed by atoms with Crippen LogP contribution in [0.2, 0.25) is 0 Å². The van der Waals surface area contributed by atoms with Gasteiger partial charge >= 0.3 is 0 Å². The highest BCUT2D eigenvalue weighted by Crippen LogP contribution is 2.18. The topological polar surface area (TPSA) is 89.8 Å². The number of unbranched alkanes of at least 4 members (excludes halogenated alkanes) is 42. The molecular formula is C55H109NO4. The number of allylic oxidation sites excluding steroid dienone is 1. The number of rotatable bonds is 51. The molecule has 0 aliphatic rings. The zero-order valence-corrected chi connectivity index (χ0v) is 40.9. The highest BCUT2D eigenvalue weighted by molar-refractivity contribution is 5.76. The average Bonchev–Trinajstić information content (AvgIpc) is 3.24. The van der Waals surface area contributed by atoms with Gasteiger partial charge in [0.15, 0.2) is 0 Å². The summed E-state index contributed by atoms with van der Waals surface area (Å²) in [5.74, 6) is -0.309. The molecule has 0 aliphatic heterocycles. The van der Waals surface area contributed by atoms with Crippen LogP contribution in [0, 0.1) is 0 Å². The Bertz CT molecular complexity index is 848. The molecule has 5 heteroatoms. The number of aliphatic hydroxyl groups is 3. The molecule has 0 aromatic heterocycles. The summed E-state index contributed by atoms with van der Waals surface area (Å²) < 4.78 is 0. The summed E-state index contributed by atoms with van der Waals surface area (Å²) in [5.41, 5.74) is 0. The smallest absolute Gasteiger partial charge is 0.222 e. The van der Waals surface area contributed by atoms with Gasteiger partial charge < -0.3 is 20.6 Å². The standard InChI is InChI=1S/C55H109NO4/c1-3-5-7-9-11-13-15-17-19-20-21-22-23-24-25-26-27-28-29-30-31-32-33-35-36-38-40-42-44-46-48-52(58)50-55(60)56-53(51-57)54(59)49-47-45-43-41-39-37-34-18-16-14-12-10-8-6-4-2/h47,49,52-54,57-59H,3-46,48,50-51H2,1-2H3,(H,56,60)/b49-47+. The third-order valence-electron chi connectivity index (χ3n) is 13.1. The lowest BCUT2D eigenvalue weighted by Gasteiger charge is -2.21. The third kappa shape index (κ3) is 46.6. The number of amides is 1. The van der Waals surface area contributed by atoms with Crippen molar-refractivity contribution in [1.29, 1.82) is 0 Å². The molecule has 0 saturated carbocycles. The quantitative estimate of drug-likeness (QED) is 0.0363. The van der Waals surface area contributed by atoms with Crippen molar-refractivity contribution in [2.45, 2.75) is 327 Å². The SMILES string of the molecule is CCCCCCCCCCCCCCC/C=C/C(O)C(CO)NC(=O)CC(O)CCCCCCCCCCCCCCCCCCCCCCCCCCCCCCCC. The van der Waals surface area contributed by atoms with Crippen LogP contribution in [0.4, 0.5) is 0 Å². The van der Waals surface area contributed by atoms with Gasteiger partial charge in [-0.2, -0.15) is 0 Å². The second kappa shape index (κ2) is 50.7. The first kappa shape index (κ1) is 59.1. The van der Waals surface area contributed by atoms with Gasteiger partial charge in [-0.3, -0.25) is 4.79 Å². The number of carbonyl (C=O) groups is 1. The van der Waals surface area contributed by atoms with Crippen LogP contribution in [0.3, 0.4) is 0 Å². The van der Waals surface area contributed by atoms with Gasteiger partial charge in [0.2, 0.25) is 5.91 Å². The van der Waals surface area contributed by atoms with Crippen LogP contribution < -0.4 is 5.32 Å². The molecule has 0 fully saturated rings. The Morgan fingerprint density at radius 3 is 0.967 bits per heavy atom. The number of carbonyl (C=O) groups excluding carboxylic acids is 1. The molecule has 0 aromatic rings. The maximum atomic E-state index is 12.5. The highest BCUT2D eigenvalue weighted by Gasteiger charge is 2.20. The van der Waals surface area contributed by atoms with Crippen LogP contribution >= 0.6 is 0 Å². The zero-order valence-electron chi connectivity index (χ0n) is 40.9. The van der Waals surface area contributed by atoms with E-state index in [4.69, 9.17) is 0 Å².